The van der Waals surface area contributed by atoms with Crippen LogP contribution in [0, 0.1) is 5.92 Å². The first-order chi connectivity index (χ1) is 5.70. The van der Waals surface area contributed by atoms with Crippen molar-refractivity contribution >= 4 is 17.0 Å². The highest BCUT2D eigenvalue weighted by atomic mass is 79.9. The predicted octanol–water partition coefficient (Wildman–Crippen LogP) is 3.28. The SMILES string of the molecule is Br.C=CCC(CC=C)CCN(C)C. The Kier molecular flexibility index (Phi) is 11.8. The molecule has 0 fully saturated rings. The van der Waals surface area contributed by atoms with Crippen LogP contribution in [0.5, 0.6) is 0 Å². The van der Waals surface area contributed by atoms with E-state index in [4.69, 9.17) is 0 Å². The lowest BCUT2D eigenvalue weighted by Gasteiger charge is -2.15. The van der Waals surface area contributed by atoms with Gasteiger partial charge in [-0.1, -0.05) is 12.2 Å². The summed E-state index contributed by atoms with van der Waals surface area (Å²) in [5.74, 6) is 0.738. The molecule has 0 saturated carbocycles. The fraction of sp³-hybridized carbons (Fsp3) is 0.636. The smallest absolute Gasteiger partial charge is 0.00220 e. The Hall–Kier alpha value is -0.0800. The quantitative estimate of drug-likeness (QED) is 0.625. The highest BCUT2D eigenvalue weighted by molar-refractivity contribution is 8.93. The second-order valence-electron chi connectivity index (χ2n) is 3.51. The van der Waals surface area contributed by atoms with Crippen LogP contribution < -0.4 is 0 Å². The largest absolute Gasteiger partial charge is 0.309 e. The van der Waals surface area contributed by atoms with Crippen molar-refractivity contribution in [3.63, 3.8) is 0 Å². The van der Waals surface area contributed by atoms with Crippen LogP contribution in [0.2, 0.25) is 0 Å². The maximum Gasteiger partial charge on any atom is -0.00220 e. The van der Waals surface area contributed by atoms with Crippen molar-refractivity contribution < 1.29 is 0 Å². The first kappa shape index (κ1) is 15.4. The van der Waals surface area contributed by atoms with E-state index in [0.29, 0.717) is 0 Å². The normalized spacial score (nSPS) is 9.85. The van der Waals surface area contributed by atoms with Crippen molar-refractivity contribution in [2.75, 3.05) is 20.6 Å². The molecule has 0 aromatic rings. The molecule has 0 saturated heterocycles. The molecule has 13 heavy (non-hydrogen) atoms. The van der Waals surface area contributed by atoms with Gasteiger partial charge in [-0.2, -0.15) is 0 Å². The molecule has 1 nitrogen and oxygen atoms in total. The summed E-state index contributed by atoms with van der Waals surface area (Å²) in [6.45, 7) is 8.68. The van der Waals surface area contributed by atoms with E-state index in [0.717, 1.165) is 25.3 Å². The van der Waals surface area contributed by atoms with Crippen molar-refractivity contribution in [2.24, 2.45) is 5.92 Å². The van der Waals surface area contributed by atoms with Crippen LogP contribution in [0.25, 0.3) is 0 Å². The Bertz CT molecular complexity index is 122. The van der Waals surface area contributed by atoms with Gasteiger partial charge in [-0.05, 0) is 45.8 Å². The lowest BCUT2D eigenvalue weighted by molar-refractivity contribution is 0.351. The lowest BCUT2D eigenvalue weighted by Crippen LogP contribution is -2.16. The molecule has 0 unspecified atom stereocenters. The van der Waals surface area contributed by atoms with Crippen molar-refractivity contribution in [1.82, 2.24) is 4.90 Å². The summed E-state index contributed by atoms with van der Waals surface area (Å²) in [4.78, 5) is 2.22. The molecule has 0 spiro atoms. The van der Waals surface area contributed by atoms with Gasteiger partial charge in [-0.3, -0.25) is 0 Å². The van der Waals surface area contributed by atoms with Crippen LogP contribution in [0.3, 0.4) is 0 Å². The fourth-order valence-corrected chi connectivity index (χ4v) is 1.24. The first-order valence-electron chi connectivity index (χ1n) is 4.57. The van der Waals surface area contributed by atoms with Gasteiger partial charge in [-0.25, -0.2) is 0 Å². The van der Waals surface area contributed by atoms with E-state index in [2.05, 4.69) is 32.2 Å². The van der Waals surface area contributed by atoms with Crippen LogP contribution in [0.15, 0.2) is 25.3 Å². The van der Waals surface area contributed by atoms with Crippen LogP contribution in [0.1, 0.15) is 19.3 Å². The van der Waals surface area contributed by atoms with Crippen LogP contribution in [-0.4, -0.2) is 25.5 Å². The molecule has 0 aromatic carbocycles. The summed E-state index contributed by atoms with van der Waals surface area (Å²) >= 11 is 0. The van der Waals surface area contributed by atoms with Gasteiger partial charge in [0.1, 0.15) is 0 Å². The molecule has 0 heterocycles. The molecule has 0 atom stereocenters. The summed E-state index contributed by atoms with van der Waals surface area (Å²) in [5.41, 5.74) is 0. The zero-order valence-electron chi connectivity index (χ0n) is 8.83. The molecule has 0 aliphatic carbocycles. The number of hydrogen-bond donors (Lipinski definition) is 0. The third-order valence-corrected chi connectivity index (χ3v) is 1.98. The fourth-order valence-electron chi connectivity index (χ4n) is 1.24. The highest BCUT2D eigenvalue weighted by Crippen LogP contribution is 2.14. The maximum atomic E-state index is 3.76. The topological polar surface area (TPSA) is 3.24 Å². The standard InChI is InChI=1S/C11H21N.BrH/c1-5-7-11(8-6-2)9-10-12(3)4;/h5-6,11H,1-2,7-10H2,3-4H3;1H. The average Bonchev–Trinajstić information content (AvgIpc) is 2.01. The van der Waals surface area contributed by atoms with E-state index in [-0.39, 0.29) is 17.0 Å². The summed E-state index contributed by atoms with van der Waals surface area (Å²) in [6, 6.07) is 0. The third kappa shape index (κ3) is 9.84. The van der Waals surface area contributed by atoms with Gasteiger partial charge in [0.15, 0.2) is 0 Å². The predicted molar refractivity (Wildman–Crippen MR) is 66.6 cm³/mol. The van der Waals surface area contributed by atoms with Gasteiger partial charge in [-0.15, -0.1) is 30.1 Å². The number of hydrogen-bond acceptors (Lipinski definition) is 1. The molecule has 0 aliphatic rings. The first-order valence-corrected chi connectivity index (χ1v) is 4.57. The molecule has 0 aliphatic heterocycles. The minimum Gasteiger partial charge on any atom is -0.309 e. The number of allylic oxidation sites excluding steroid dienone is 2. The minimum absolute atomic E-state index is 0. The zero-order valence-corrected chi connectivity index (χ0v) is 10.5. The van der Waals surface area contributed by atoms with E-state index in [1.807, 2.05) is 12.2 Å². The number of rotatable bonds is 7. The molecule has 0 aromatic heterocycles. The van der Waals surface area contributed by atoms with E-state index < -0.39 is 0 Å². The second-order valence-corrected chi connectivity index (χ2v) is 3.51. The van der Waals surface area contributed by atoms with Crippen molar-refractivity contribution in [2.45, 2.75) is 19.3 Å². The monoisotopic (exact) mass is 247 g/mol. The molecular weight excluding hydrogens is 226 g/mol. The Morgan fingerprint density at radius 2 is 1.62 bits per heavy atom. The summed E-state index contributed by atoms with van der Waals surface area (Å²) in [7, 11) is 4.22. The zero-order chi connectivity index (χ0) is 9.40. The molecule has 0 radical (unpaired) electrons. The van der Waals surface area contributed by atoms with Gasteiger partial charge >= 0.3 is 0 Å². The van der Waals surface area contributed by atoms with Crippen LogP contribution in [-0.2, 0) is 0 Å². The molecule has 0 N–H and O–H groups in total. The van der Waals surface area contributed by atoms with E-state index in [1.165, 1.54) is 6.42 Å². The van der Waals surface area contributed by atoms with Gasteiger partial charge in [0, 0.05) is 0 Å². The Labute approximate surface area is 93.3 Å². The molecular formula is C11H22BrN. The maximum absolute atomic E-state index is 3.76. The number of halogens is 1. The van der Waals surface area contributed by atoms with E-state index in [1.54, 1.807) is 0 Å². The molecule has 2 heteroatoms. The minimum atomic E-state index is 0. The van der Waals surface area contributed by atoms with Gasteiger partial charge in [0.05, 0.1) is 0 Å². The van der Waals surface area contributed by atoms with E-state index >= 15 is 0 Å². The van der Waals surface area contributed by atoms with Crippen molar-refractivity contribution in [3.05, 3.63) is 25.3 Å². The summed E-state index contributed by atoms with van der Waals surface area (Å²) < 4.78 is 0. The molecule has 0 bridgehead atoms. The van der Waals surface area contributed by atoms with Crippen LogP contribution >= 0.6 is 17.0 Å². The van der Waals surface area contributed by atoms with Crippen molar-refractivity contribution in [3.8, 4) is 0 Å². The second kappa shape index (κ2) is 10.0. The third-order valence-electron chi connectivity index (χ3n) is 1.98. The molecule has 0 amide bonds. The van der Waals surface area contributed by atoms with Gasteiger partial charge in [0.2, 0.25) is 0 Å². The summed E-state index contributed by atoms with van der Waals surface area (Å²) in [5, 5.41) is 0. The van der Waals surface area contributed by atoms with Crippen molar-refractivity contribution in [1.29, 1.82) is 0 Å². The number of nitrogens with zero attached hydrogens (tertiary/aromatic N) is 1. The lowest BCUT2D eigenvalue weighted by atomic mass is 9.97. The van der Waals surface area contributed by atoms with E-state index in [9.17, 15) is 0 Å². The summed E-state index contributed by atoms with van der Waals surface area (Å²) in [6.07, 6.45) is 7.47. The van der Waals surface area contributed by atoms with Crippen LogP contribution in [0.4, 0.5) is 0 Å². The molecule has 78 valence electrons. The highest BCUT2D eigenvalue weighted by Gasteiger charge is 2.04. The average molecular weight is 248 g/mol. The Morgan fingerprint density at radius 1 is 1.15 bits per heavy atom. The Balaban J connectivity index is 0. The van der Waals surface area contributed by atoms with Gasteiger partial charge in [0.25, 0.3) is 0 Å². The molecule has 0 rings (SSSR count). The van der Waals surface area contributed by atoms with Gasteiger partial charge < -0.3 is 4.90 Å². The Morgan fingerprint density at radius 3 is 1.92 bits per heavy atom.